The summed E-state index contributed by atoms with van der Waals surface area (Å²) in [7, 11) is 0. The van der Waals surface area contributed by atoms with Gasteiger partial charge in [-0.1, -0.05) is 12.8 Å². The number of hydrogen-bond donors (Lipinski definition) is 0. The molecule has 1 aromatic carbocycles. The number of hydrogen-bond acceptors (Lipinski definition) is 3. The topological polar surface area (TPSA) is 40.6 Å². The summed E-state index contributed by atoms with van der Waals surface area (Å²) >= 11 is 1.89. The van der Waals surface area contributed by atoms with E-state index in [-0.39, 0.29) is 22.5 Å². The smallest absolute Gasteiger partial charge is 0.253 e. The summed E-state index contributed by atoms with van der Waals surface area (Å²) in [5, 5.41) is 0. The lowest BCUT2D eigenvalue weighted by molar-refractivity contribution is -0.138. The number of carbonyl (C=O) groups excluding carboxylic acids is 2. The third-order valence-electron chi connectivity index (χ3n) is 6.07. The van der Waals surface area contributed by atoms with Gasteiger partial charge in [0.05, 0.1) is 4.87 Å². The van der Waals surface area contributed by atoms with Gasteiger partial charge in [-0.3, -0.25) is 9.59 Å². The highest BCUT2D eigenvalue weighted by Gasteiger charge is 2.48. The zero-order valence-corrected chi connectivity index (χ0v) is 15.8. The van der Waals surface area contributed by atoms with E-state index in [1.54, 1.807) is 12.1 Å². The normalized spacial score (nSPS) is 23.0. The molecule has 6 heteroatoms. The van der Waals surface area contributed by atoms with Crippen LogP contribution in [0.1, 0.15) is 48.9 Å². The molecule has 2 heterocycles. The number of rotatable bonds is 2. The van der Waals surface area contributed by atoms with Crippen molar-refractivity contribution in [2.24, 2.45) is 5.92 Å². The molecular formula is C20H25FN2O2S. The van der Waals surface area contributed by atoms with Crippen LogP contribution in [-0.2, 0) is 4.79 Å². The van der Waals surface area contributed by atoms with Gasteiger partial charge in [-0.15, -0.1) is 11.8 Å². The number of benzene rings is 1. The summed E-state index contributed by atoms with van der Waals surface area (Å²) in [5.74, 6) is 1.17. The molecule has 2 saturated heterocycles. The largest absolute Gasteiger partial charge is 0.338 e. The summed E-state index contributed by atoms with van der Waals surface area (Å²) in [6, 6.07) is 5.74. The van der Waals surface area contributed by atoms with E-state index in [1.807, 2.05) is 16.7 Å². The van der Waals surface area contributed by atoms with E-state index in [9.17, 15) is 14.0 Å². The molecule has 0 unspecified atom stereocenters. The lowest BCUT2D eigenvalue weighted by Gasteiger charge is -2.44. The van der Waals surface area contributed by atoms with E-state index in [2.05, 4.69) is 4.90 Å². The van der Waals surface area contributed by atoms with Crippen LogP contribution in [0.3, 0.4) is 0 Å². The fourth-order valence-electron chi connectivity index (χ4n) is 4.56. The minimum atomic E-state index is -0.331. The lowest BCUT2D eigenvalue weighted by atomic mass is 9.98. The molecule has 3 aliphatic rings. The van der Waals surface area contributed by atoms with Crippen LogP contribution in [0.25, 0.3) is 0 Å². The summed E-state index contributed by atoms with van der Waals surface area (Å²) in [6.45, 7) is 2.14. The van der Waals surface area contributed by atoms with Gasteiger partial charge in [-0.05, 0) is 49.9 Å². The van der Waals surface area contributed by atoms with E-state index in [1.165, 1.54) is 25.0 Å². The van der Waals surface area contributed by atoms with E-state index >= 15 is 0 Å². The first-order chi connectivity index (χ1) is 12.6. The van der Waals surface area contributed by atoms with Crippen molar-refractivity contribution < 1.29 is 14.0 Å². The van der Waals surface area contributed by atoms with Crippen LogP contribution in [-0.4, -0.2) is 51.9 Å². The first-order valence-corrected chi connectivity index (χ1v) is 10.6. The lowest BCUT2D eigenvalue weighted by Crippen LogP contribution is -2.54. The maximum atomic E-state index is 13.1. The van der Waals surface area contributed by atoms with Crippen molar-refractivity contribution in [3.63, 3.8) is 0 Å². The molecule has 26 heavy (non-hydrogen) atoms. The van der Waals surface area contributed by atoms with Gasteiger partial charge in [-0.25, -0.2) is 4.39 Å². The zero-order valence-electron chi connectivity index (χ0n) is 15.0. The summed E-state index contributed by atoms with van der Waals surface area (Å²) in [4.78, 5) is 29.5. The van der Waals surface area contributed by atoms with Crippen molar-refractivity contribution in [3.8, 4) is 0 Å². The molecule has 0 bridgehead atoms. The van der Waals surface area contributed by atoms with Crippen molar-refractivity contribution in [2.75, 3.05) is 25.4 Å². The molecule has 140 valence electrons. The van der Waals surface area contributed by atoms with Crippen molar-refractivity contribution in [1.82, 2.24) is 9.80 Å². The van der Waals surface area contributed by atoms with Gasteiger partial charge in [-0.2, -0.15) is 0 Å². The SMILES string of the molecule is O=C(c1ccc(F)cc1)N1CCC2(CC1)SCCN2C(=O)C1CCCC1. The second-order valence-corrected chi connectivity index (χ2v) is 9.02. The second kappa shape index (κ2) is 7.22. The summed E-state index contributed by atoms with van der Waals surface area (Å²) in [5.41, 5.74) is 0.528. The first kappa shape index (κ1) is 17.8. The Morgan fingerprint density at radius 3 is 2.35 bits per heavy atom. The average molecular weight is 376 g/mol. The highest BCUT2D eigenvalue weighted by atomic mass is 32.2. The zero-order chi connectivity index (χ0) is 18.1. The van der Waals surface area contributed by atoms with Gasteiger partial charge in [0, 0.05) is 36.9 Å². The molecule has 3 fully saturated rings. The number of piperidine rings is 1. The maximum absolute atomic E-state index is 13.1. The predicted octanol–water partition coefficient (Wildman–Crippen LogP) is 3.52. The Kier molecular flexibility index (Phi) is 4.95. The second-order valence-electron chi connectivity index (χ2n) is 7.57. The molecule has 0 atom stereocenters. The molecule has 1 aliphatic carbocycles. The molecular weight excluding hydrogens is 351 g/mol. The number of nitrogens with zero attached hydrogens (tertiary/aromatic N) is 2. The maximum Gasteiger partial charge on any atom is 0.253 e. The van der Waals surface area contributed by atoms with Crippen molar-refractivity contribution in [3.05, 3.63) is 35.6 Å². The number of halogens is 1. The van der Waals surface area contributed by atoms with Crippen molar-refractivity contribution in [1.29, 1.82) is 0 Å². The Hall–Kier alpha value is -1.56. The fourth-order valence-corrected chi connectivity index (χ4v) is 6.02. The highest BCUT2D eigenvalue weighted by molar-refractivity contribution is 8.00. The number of thioether (sulfide) groups is 1. The minimum Gasteiger partial charge on any atom is -0.338 e. The Balaban J connectivity index is 1.42. The molecule has 2 aliphatic heterocycles. The van der Waals surface area contributed by atoms with E-state index in [4.69, 9.17) is 0 Å². The molecule has 2 amide bonds. The van der Waals surface area contributed by atoms with Crippen LogP contribution in [0.15, 0.2) is 24.3 Å². The van der Waals surface area contributed by atoms with E-state index in [0.717, 1.165) is 38.0 Å². The molecule has 0 radical (unpaired) electrons. The van der Waals surface area contributed by atoms with Crippen molar-refractivity contribution in [2.45, 2.75) is 43.4 Å². The van der Waals surface area contributed by atoms with Gasteiger partial charge in [0.2, 0.25) is 5.91 Å². The van der Waals surface area contributed by atoms with Gasteiger partial charge in [0.25, 0.3) is 5.91 Å². The molecule has 4 rings (SSSR count). The first-order valence-electron chi connectivity index (χ1n) is 9.59. The molecule has 1 aromatic rings. The van der Waals surface area contributed by atoms with Gasteiger partial charge < -0.3 is 9.80 Å². The third kappa shape index (κ3) is 3.24. The summed E-state index contributed by atoms with van der Waals surface area (Å²) < 4.78 is 13.1. The molecule has 1 spiro atoms. The Bertz CT molecular complexity index is 680. The van der Waals surface area contributed by atoms with Crippen LogP contribution >= 0.6 is 11.8 Å². The van der Waals surface area contributed by atoms with Gasteiger partial charge in [0.1, 0.15) is 5.82 Å². The molecule has 1 saturated carbocycles. The van der Waals surface area contributed by atoms with Crippen LogP contribution in [0, 0.1) is 11.7 Å². The molecule has 4 nitrogen and oxygen atoms in total. The Labute approximate surface area is 158 Å². The third-order valence-corrected chi connectivity index (χ3v) is 7.62. The van der Waals surface area contributed by atoms with Crippen LogP contribution in [0.2, 0.25) is 0 Å². The average Bonchev–Trinajstić information content (AvgIpc) is 3.32. The highest BCUT2D eigenvalue weighted by Crippen LogP contribution is 2.45. The number of likely N-dealkylation sites (tertiary alicyclic amines) is 1. The quantitative estimate of drug-likeness (QED) is 0.793. The molecule has 0 N–H and O–H groups in total. The predicted molar refractivity (Wildman–Crippen MR) is 100 cm³/mol. The Morgan fingerprint density at radius 1 is 1.04 bits per heavy atom. The number of amides is 2. The van der Waals surface area contributed by atoms with Gasteiger partial charge >= 0.3 is 0 Å². The summed E-state index contributed by atoms with van der Waals surface area (Å²) in [6.07, 6.45) is 6.05. The van der Waals surface area contributed by atoms with Crippen molar-refractivity contribution >= 4 is 23.6 Å². The van der Waals surface area contributed by atoms with Gasteiger partial charge in [0.15, 0.2) is 0 Å². The van der Waals surface area contributed by atoms with Crippen LogP contribution < -0.4 is 0 Å². The van der Waals surface area contributed by atoms with E-state index in [0.29, 0.717) is 24.6 Å². The minimum absolute atomic E-state index is 0.0449. The van der Waals surface area contributed by atoms with E-state index < -0.39 is 0 Å². The number of carbonyl (C=O) groups is 2. The Morgan fingerprint density at radius 2 is 1.69 bits per heavy atom. The molecule has 0 aromatic heterocycles. The van der Waals surface area contributed by atoms with Crippen LogP contribution in [0.4, 0.5) is 4.39 Å². The standard InChI is InChI=1S/C20H25FN2O2S/c21-17-7-5-16(6-8-17)18(24)22-11-9-20(10-12-22)23(13-14-26-20)19(25)15-3-1-2-4-15/h5-8,15H,1-4,9-14H2. The van der Waals surface area contributed by atoms with Crippen LogP contribution in [0.5, 0.6) is 0 Å². The monoisotopic (exact) mass is 376 g/mol. The fraction of sp³-hybridized carbons (Fsp3) is 0.600.